The van der Waals surface area contributed by atoms with Crippen LogP contribution in [0.1, 0.15) is 15.2 Å². The number of nitrogens with zero attached hydrogens (tertiary/aromatic N) is 2. The number of nitrogens with two attached hydrogens (primary N) is 1. The lowest BCUT2D eigenvalue weighted by Gasteiger charge is -2.04. The first kappa shape index (κ1) is 11.7. The molecule has 0 bridgehead atoms. The monoisotopic (exact) mass is 250 g/mol. The van der Waals surface area contributed by atoms with Gasteiger partial charge in [-0.15, -0.1) is 11.3 Å². The molecule has 2 aromatic heterocycles. The van der Waals surface area contributed by atoms with E-state index in [0.29, 0.717) is 23.7 Å². The van der Waals surface area contributed by atoms with E-state index in [1.165, 1.54) is 11.3 Å². The highest BCUT2D eigenvalue weighted by Gasteiger charge is 2.09. The largest absolute Gasteiger partial charge is 0.397 e. The summed E-state index contributed by atoms with van der Waals surface area (Å²) in [4.78, 5) is 12.3. The SMILES string of the molecule is Cc1cnn(CCNC(=O)c2sccc2N)c1. The third kappa shape index (κ3) is 2.85. The molecule has 2 heterocycles. The Morgan fingerprint density at radius 1 is 1.65 bits per heavy atom. The molecule has 2 rings (SSSR count). The smallest absolute Gasteiger partial charge is 0.263 e. The van der Waals surface area contributed by atoms with E-state index in [2.05, 4.69) is 10.4 Å². The van der Waals surface area contributed by atoms with Crippen molar-refractivity contribution in [2.45, 2.75) is 13.5 Å². The maximum atomic E-state index is 11.7. The fraction of sp³-hybridized carbons (Fsp3) is 0.273. The molecule has 6 heteroatoms. The summed E-state index contributed by atoms with van der Waals surface area (Å²) in [6, 6.07) is 1.73. The van der Waals surface area contributed by atoms with E-state index < -0.39 is 0 Å². The molecular formula is C11H14N4OS. The Kier molecular flexibility index (Phi) is 3.43. The first-order chi connectivity index (χ1) is 8.16. The minimum Gasteiger partial charge on any atom is -0.397 e. The van der Waals surface area contributed by atoms with Crippen LogP contribution in [0.15, 0.2) is 23.8 Å². The molecule has 0 aromatic carbocycles. The molecular weight excluding hydrogens is 236 g/mol. The lowest BCUT2D eigenvalue weighted by Crippen LogP contribution is -2.27. The standard InChI is InChI=1S/C11H14N4OS/c1-8-6-14-15(7-8)4-3-13-11(16)10-9(12)2-5-17-10/h2,5-7H,3-4,12H2,1H3,(H,13,16). The molecule has 2 aromatic rings. The molecule has 17 heavy (non-hydrogen) atoms. The average molecular weight is 250 g/mol. The predicted octanol–water partition coefficient (Wildman–Crippen LogP) is 1.27. The van der Waals surface area contributed by atoms with Crippen molar-refractivity contribution >= 4 is 22.9 Å². The number of anilines is 1. The van der Waals surface area contributed by atoms with E-state index in [0.717, 1.165) is 5.56 Å². The second kappa shape index (κ2) is 5.01. The normalized spacial score (nSPS) is 10.4. The van der Waals surface area contributed by atoms with Gasteiger partial charge in [0.05, 0.1) is 18.4 Å². The number of rotatable bonds is 4. The van der Waals surface area contributed by atoms with Gasteiger partial charge in [-0.2, -0.15) is 5.10 Å². The van der Waals surface area contributed by atoms with Crippen molar-refractivity contribution in [3.8, 4) is 0 Å². The Labute approximate surface area is 103 Å². The van der Waals surface area contributed by atoms with Crippen LogP contribution in [0.5, 0.6) is 0 Å². The maximum Gasteiger partial charge on any atom is 0.263 e. The molecule has 0 saturated carbocycles. The van der Waals surface area contributed by atoms with Gasteiger partial charge in [-0.25, -0.2) is 0 Å². The summed E-state index contributed by atoms with van der Waals surface area (Å²) in [6.07, 6.45) is 3.73. The third-order valence-corrected chi connectivity index (χ3v) is 3.22. The first-order valence-electron chi connectivity index (χ1n) is 5.27. The molecule has 0 atom stereocenters. The van der Waals surface area contributed by atoms with E-state index in [-0.39, 0.29) is 5.91 Å². The van der Waals surface area contributed by atoms with Gasteiger partial charge in [0.15, 0.2) is 0 Å². The van der Waals surface area contributed by atoms with Gasteiger partial charge in [-0.05, 0) is 23.9 Å². The van der Waals surface area contributed by atoms with Crippen LogP contribution in [0.25, 0.3) is 0 Å². The van der Waals surface area contributed by atoms with E-state index in [4.69, 9.17) is 5.73 Å². The van der Waals surface area contributed by atoms with Gasteiger partial charge in [-0.3, -0.25) is 9.48 Å². The number of hydrogen-bond acceptors (Lipinski definition) is 4. The number of amides is 1. The lowest BCUT2D eigenvalue weighted by molar-refractivity contribution is 0.0957. The van der Waals surface area contributed by atoms with Crippen LogP contribution < -0.4 is 11.1 Å². The van der Waals surface area contributed by atoms with Crippen LogP contribution in [0, 0.1) is 6.92 Å². The van der Waals surface area contributed by atoms with Crippen LogP contribution >= 0.6 is 11.3 Å². The van der Waals surface area contributed by atoms with Crippen molar-refractivity contribution in [2.24, 2.45) is 0 Å². The molecule has 0 aliphatic heterocycles. The summed E-state index contributed by atoms with van der Waals surface area (Å²) in [5, 5.41) is 8.76. The van der Waals surface area contributed by atoms with Gasteiger partial charge < -0.3 is 11.1 Å². The lowest BCUT2D eigenvalue weighted by atomic mass is 10.4. The molecule has 0 fully saturated rings. The topological polar surface area (TPSA) is 72.9 Å². The second-order valence-electron chi connectivity index (χ2n) is 3.74. The van der Waals surface area contributed by atoms with Crippen LogP contribution in [-0.2, 0) is 6.54 Å². The van der Waals surface area contributed by atoms with Crippen molar-refractivity contribution in [1.29, 1.82) is 0 Å². The van der Waals surface area contributed by atoms with Crippen molar-refractivity contribution in [2.75, 3.05) is 12.3 Å². The summed E-state index contributed by atoms with van der Waals surface area (Å²) >= 11 is 1.35. The van der Waals surface area contributed by atoms with Crippen LogP contribution in [-0.4, -0.2) is 22.2 Å². The molecule has 0 aliphatic rings. The Balaban J connectivity index is 1.83. The zero-order valence-corrected chi connectivity index (χ0v) is 10.3. The summed E-state index contributed by atoms with van der Waals surface area (Å²) in [7, 11) is 0. The molecule has 0 radical (unpaired) electrons. The summed E-state index contributed by atoms with van der Waals surface area (Å²) in [5.74, 6) is -0.124. The van der Waals surface area contributed by atoms with Crippen LogP contribution in [0.4, 0.5) is 5.69 Å². The maximum absolute atomic E-state index is 11.7. The van der Waals surface area contributed by atoms with Gasteiger partial charge in [0.2, 0.25) is 0 Å². The number of hydrogen-bond donors (Lipinski definition) is 2. The van der Waals surface area contributed by atoms with Gasteiger partial charge >= 0.3 is 0 Å². The first-order valence-corrected chi connectivity index (χ1v) is 6.15. The molecule has 90 valence electrons. The van der Waals surface area contributed by atoms with Gasteiger partial charge in [0, 0.05) is 12.7 Å². The highest BCUT2D eigenvalue weighted by molar-refractivity contribution is 7.12. The Morgan fingerprint density at radius 3 is 3.06 bits per heavy atom. The fourth-order valence-electron chi connectivity index (χ4n) is 1.46. The van der Waals surface area contributed by atoms with Gasteiger partial charge in [-0.1, -0.05) is 0 Å². The van der Waals surface area contributed by atoms with Crippen molar-refractivity contribution < 1.29 is 4.79 Å². The highest BCUT2D eigenvalue weighted by Crippen LogP contribution is 2.17. The molecule has 0 unspecified atom stereocenters. The second-order valence-corrected chi connectivity index (χ2v) is 4.66. The van der Waals surface area contributed by atoms with E-state index >= 15 is 0 Å². The number of nitrogens with one attached hydrogen (secondary N) is 1. The molecule has 0 aliphatic carbocycles. The Morgan fingerprint density at radius 2 is 2.47 bits per heavy atom. The third-order valence-electron chi connectivity index (χ3n) is 2.29. The molecule has 0 saturated heterocycles. The van der Waals surface area contributed by atoms with Crippen molar-refractivity contribution in [3.63, 3.8) is 0 Å². The van der Waals surface area contributed by atoms with Gasteiger partial charge in [0.1, 0.15) is 4.88 Å². The highest BCUT2D eigenvalue weighted by atomic mass is 32.1. The minimum atomic E-state index is -0.124. The zero-order chi connectivity index (χ0) is 12.3. The molecule has 1 amide bonds. The van der Waals surface area contributed by atoms with E-state index in [1.54, 1.807) is 22.3 Å². The minimum absolute atomic E-state index is 0.124. The summed E-state index contributed by atoms with van der Waals surface area (Å²) < 4.78 is 1.80. The molecule has 5 nitrogen and oxygen atoms in total. The number of carbonyl (C=O) groups excluding carboxylic acids is 1. The quantitative estimate of drug-likeness (QED) is 0.858. The summed E-state index contributed by atoms with van der Waals surface area (Å²) in [5.41, 5.74) is 7.30. The number of nitrogen functional groups attached to an aromatic ring is 1. The fourth-order valence-corrected chi connectivity index (χ4v) is 2.19. The number of aromatic nitrogens is 2. The molecule has 0 spiro atoms. The zero-order valence-electron chi connectivity index (χ0n) is 9.51. The van der Waals surface area contributed by atoms with Crippen LogP contribution in [0.3, 0.4) is 0 Å². The summed E-state index contributed by atoms with van der Waals surface area (Å²) in [6.45, 7) is 3.18. The molecule has 3 N–H and O–H groups in total. The number of carbonyl (C=O) groups is 1. The Hall–Kier alpha value is -1.82. The van der Waals surface area contributed by atoms with E-state index in [9.17, 15) is 4.79 Å². The average Bonchev–Trinajstić information content (AvgIpc) is 2.87. The number of aryl methyl sites for hydroxylation is 1. The van der Waals surface area contributed by atoms with Crippen molar-refractivity contribution in [3.05, 3.63) is 34.3 Å². The van der Waals surface area contributed by atoms with Crippen LogP contribution in [0.2, 0.25) is 0 Å². The van der Waals surface area contributed by atoms with E-state index in [1.807, 2.05) is 13.1 Å². The van der Waals surface area contributed by atoms with Crippen molar-refractivity contribution in [1.82, 2.24) is 15.1 Å². The predicted molar refractivity (Wildman–Crippen MR) is 68.0 cm³/mol. The number of thiophene rings is 1. The Bertz CT molecular complexity index is 517. The van der Waals surface area contributed by atoms with Gasteiger partial charge in [0.25, 0.3) is 5.91 Å².